The van der Waals surface area contributed by atoms with Crippen molar-refractivity contribution in [2.45, 2.75) is 71.6 Å². The lowest BCUT2D eigenvalue weighted by atomic mass is 9.84. The second-order valence-electron chi connectivity index (χ2n) is 9.88. The third-order valence-electron chi connectivity index (χ3n) is 5.57. The van der Waals surface area contributed by atoms with E-state index in [0.29, 0.717) is 28.6 Å². The smallest absolute Gasteiger partial charge is 0.408 e. The number of rotatable bonds is 5. The predicted octanol–water partition coefficient (Wildman–Crippen LogP) is 5.96. The van der Waals surface area contributed by atoms with Gasteiger partial charge >= 0.3 is 6.09 Å². The summed E-state index contributed by atoms with van der Waals surface area (Å²) in [5.41, 5.74) is 3.48. The van der Waals surface area contributed by atoms with Crippen molar-refractivity contribution in [1.29, 1.82) is 5.26 Å². The van der Waals surface area contributed by atoms with Gasteiger partial charge in [-0.15, -0.1) is 0 Å². The van der Waals surface area contributed by atoms with E-state index in [-0.39, 0.29) is 12.1 Å². The molecule has 1 aromatic heterocycles. The number of fused-ring (bicyclic) bond motifs is 1. The van der Waals surface area contributed by atoms with Gasteiger partial charge in [0.15, 0.2) is 0 Å². The Morgan fingerprint density at radius 2 is 2.06 bits per heavy atom. The molecule has 8 nitrogen and oxygen atoms in total. The summed E-state index contributed by atoms with van der Waals surface area (Å²) in [6.07, 6.45) is 2.12. The van der Waals surface area contributed by atoms with Crippen LogP contribution in [-0.4, -0.2) is 27.9 Å². The normalized spacial score (nSPS) is 15.3. The third kappa shape index (κ3) is 5.62. The van der Waals surface area contributed by atoms with E-state index in [2.05, 4.69) is 21.5 Å². The predicted molar refractivity (Wildman–Crippen MR) is 131 cm³/mol. The van der Waals surface area contributed by atoms with E-state index in [0.717, 1.165) is 36.0 Å². The summed E-state index contributed by atoms with van der Waals surface area (Å²) >= 11 is 0. The Bertz CT molecular complexity index is 1270. The number of carbonyl (C=O) groups excluding carboxylic acids is 1. The Morgan fingerprint density at radius 3 is 2.77 bits per heavy atom. The molecule has 0 fully saturated rings. The van der Waals surface area contributed by atoms with E-state index in [1.807, 2.05) is 52.8 Å². The fraction of sp³-hybridized carbons (Fsp3) is 0.407. The molecule has 1 atom stereocenters. The first-order chi connectivity index (χ1) is 16.6. The molecule has 1 unspecified atom stereocenters. The lowest BCUT2D eigenvalue weighted by Gasteiger charge is -2.29. The van der Waals surface area contributed by atoms with Gasteiger partial charge in [0.1, 0.15) is 17.4 Å². The first-order valence-electron chi connectivity index (χ1n) is 11.8. The van der Waals surface area contributed by atoms with Gasteiger partial charge in [0.25, 0.3) is 5.89 Å². The molecule has 4 rings (SSSR count). The van der Waals surface area contributed by atoms with Crippen LogP contribution in [0, 0.1) is 11.3 Å². The monoisotopic (exact) mass is 474 g/mol. The summed E-state index contributed by atoms with van der Waals surface area (Å²) in [6.45, 7) is 9.36. The number of nitrogens with zero attached hydrogens (tertiary/aromatic N) is 3. The van der Waals surface area contributed by atoms with E-state index in [4.69, 9.17) is 14.0 Å². The fourth-order valence-corrected chi connectivity index (χ4v) is 4.22. The molecule has 0 radical (unpaired) electrons. The van der Waals surface area contributed by atoms with Crippen molar-refractivity contribution in [3.63, 3.8) is 0 Å². The highest BCUT2D eigenvalue weighted by atomic mass is 16.6. The Balaban J connectivity index is 1.61. The van der Waals surface area contributed by atoms with Crippen LogP contribution in [0.25, 0.3) is 22.8 Å². The van der Waals surface area contributed by atoms with Crippen LogP contribution in [0.2, 0.25) is 0 Å². The van der Waals surface area contributed by atoms with E-state index in [9.17, 15) is 10.1 Å². The van der Waals surface area contributed by atoms with Crippen molar-refractivity contribution in [1.82, 2.24) is 15.5 Å². The molecule has 1 amide bonds. The number of hydrogen-bond acceptors (Lipinski definition) is 7. The number of hydrogen-bond donors (Lipinski definition) is 1. The molecule has 0 aliphatic heterocycles. The molecule has 1 aliphatic rings. The molecule has 0 spiro atoms. The number of amides is 1. The fourth-order valence-electron chi connectivity index (χ4n) is 4.22. The van der Waals surface area contributed by atoms with Crippen LogP contribution in [0.5, 0.6) is 5.75 Å². The Kier molecular flexibility index (Phi) is 6.79. The molecule has 2 aromatic carbocycles. The average Bonchev–Trinajstić information content (AvgIpc) is 3.27. The highest BCUT2D eigenvalue weighted by Gasteiger charge is 2.27. The van der Waals surface area contributed by atoms with Gasteiger partial charge in [0, 0.05) is 11.1 Å². The molecule has 8 heteroatoms. The summed E-state index contributed by atoms with van der Waals surface area (Å²) in [6, 6.07) is 13.2. The number of benzene rings is 2. The van der Waals surface area contributed by atoms with Crippen molar-refractivity contribution < 1.29 is 18.8 Å². The molecular weight excluding hydrogens is 444 g/mol. The molecule has 3 aromatic rings. The number of aromatic nitrogens is 2. The number of alkyl carbamates (subject to hydrolysis) is 1. The summed E-state index contributed by atoms with van der Waals surface area (Å²) < 4.78 is 16.7. The van der Waals surface area contributed by atoms with Gasteiger partial charge in [-0.2, -0.15) is 10.2 Å². The molecule has 182 valence electrons. The molecule has 0 saturated heterocycles. The zero-order valence-electron chi connectivity index (χ0n) is 20.7. The van der Waals surface area contributed by atoms with Crippen LogP contribution < -0.4 is 10.1 Å². The standard InChI is InChI=1S/C27H30N4O4/c1-16(2)33-23-13-12-17(14-18(23)15-28)25-30-24(31-35-25)21-10-6-9-20-19(21)8-7-11-22(20)29-26(32)34-27(3,4)5/h6,9-10,12-14,16,22H,7-8,11H2,1-5H3,(H,29,32). The molecule has 1 N–H and O–H groups in total. The topological polar surface area (TPSA) is 110 Å². The summed E-state index contributed by atoms with van der Waals surface area (Å²) in [7, 11) is 0. The zero-order chi connectivity index (χ0) is 25.2. The van der Waals surface area contributed by atoms with E-state index in [1.54, 1.807) is 18.2 Å². The van der Waals surface area contributed by atoms with Crippen LogP contribution >= 0.6 is 0 Å². The van der Waals surface area contributed by atoms with Gasteiger partial charge in [-0.3, -0.25) is 0 Å². The van der Waals surface area contributed by atoms with Gasteiger partial charge in [0.2, 0.25) is 5.82 Å². The van der Waals surface area contributed by atoms with Crippen molar-refractivity contribution in [2.24, 2.45) is 0 Å². The summed E-state index contributed by atoms with van der Waals surface area (Å²) in [4.78, 5) is 17.0. The maximum Gasteiger partial charge on any atom is 0.408 e. The molecule has 35 heavy (non-hydrogen) atoms. The zero-order valence-corrected chi connectivity index (χ0v) is 20.7. The molecule has 1 heterocycles. The second-order valence-corrected chi connectivity index (χ2v) is 9.88. The van der Waals surface area contributed by atoms with Gasteiger partial charge in [0.05, 0.1) is 17.7 Å². The number of nitriles is 1. The van der Waals surface area contributed by atoms with Crippen LogP contribution in [-0.2, 0) is 11.2 Å². The summed E-state index contributed by atoms with van der Waals surface area (Å²) in [5.74, 6) is 1.31. The van der Waals surface area contributed by atoms with Crippen LogP contribution in [0.3, 0.4) is 0 Å². The highest BCUT2D eigenvalue weighted by Crippen LogP contribution is 2.36. The minimum atomic E-state index is -0.561. The minimum absolute atomic E-state index is 0.0409. The molecule has 1 aliphatic carbocycles. The lowest BCUT2D eigenvalue weighted by Crippen LogP contribution is -2.36. The van der Waals surface area contributed by atoms with Crippen molar-refractivity contribution in [3.05, 3.63) is 53.1 Å². The maximum absolute atomic E-state index is 12.4. The number of ether oxygens (including phenoxy) is 2. The van der Waals surface area contributed by atoms with E-state index < -0.39 is 11.7 Å². The highest BCUT2D eigenvalue weighted by molar-refractivity contribution is 5.70. The maximum atomic E-state index is 12.4. The number of nitrogens with one attached hydrogen (secondary N) is 1. The Morgan fingerprint density at radius 1 is 1.26 bits per heavy atom. The van der Waals surface area contributed by atoms with E-state index in [1.165, 1.54) is 0 Å². The second kappa shape index (κ2) is 9.79. The molecule has 0 saturated carbocycles. The SMILES string of the molecule is CC(C)Oc1ccc(-c2nc(-c3cccc4c3CCCC4NC(=O)OC(C)(C)C)no2)cc1C#N. The van der Waals surface area contributed by atoms with Gasteiger partial charge in [-0.25, -0.2) is 4.79 Å². The average molecular weight is 475 g/mol. The number of carbonyl (C=O) groups is 1. The van der Waals surface area contributed by atoms with E-state index >= 15 is 0 Å². The van der Waals surface area contributed by atoms with Crippen LogP contribution in [0.4, 0.5) is 4.79 Å². The largest absolute Gasteiger partial charge is 0.490 e. The van der Waals surface area contributed by atoms with Crippen LogP contribution in [0.1, 0.15) is 70.2 Å². The minimum Gasteiger partial charge on any atom is -0.490 e. The van der Waals surface area contributed by atoms with Crippen molar-refractivity contribution >= 4 is 6.09 Å². The Hall–Kier alpha value is -3.86. The first-order valence-corrected chi connectivity index (χ1v) is 11.8. The van der Waals surface area contributed by atoms with Crippen molar-refractivity contribution in [3.8, 4) is 34.7 Å². The molecule has 0 bridgehead atoms. The van der Waals surface area contributed by atoms with Gasteiger partial charge in [-0.05, 0) is 83.2 Å². The molecular formula is C27H30N4O4. The van der Waals surface area contributed by atoms with Crippen LogP contribution in [0.15, 0.2) is 40.9 Å². The van der Waals surface area contributed by atoms with Gasteiger partial charge < -0.3 is 19.3 Å². The quantitative estimate of drug-likeness (QED) is 0.485. The lowest BCUT2D eigenvalue weighted by molar-refractivity contribution is 0.0498. The Labute approximate surface area is 205 Å². The van der Waals surface area contributed by atoms with Crippen molar-refractivity contribution in [2.75, 3.05) is 0 Å². The third-order valence-corrected chi connectivity index (χ3v) is 5.57. The van der Waals surface area contributed by atoms with Gasteiger partial charge in [-0.1, -0.05) is 23.4 Å². The summed E-state index contributed by atoms with van der Waals surface area (Å²) in [5, 5.41) is 16.8. The first kappa shape index (κ1) is 24.3.